The molecule has 0 radical (unpaired) electrons. The molecule has 0 saturated carbocycles. The molecule has 0 bridgehead atoms. The molecule has 0 spiro atoms. The summed E-state index contributed by atoms with van der Waals surface area (Å²) in [6.07, 6.45) is 4.12. The number of nitrogens with one attached hydrogen (secondary N) is 1. The van der Waals surface area contributed by atoms with Gasteiger partial charge >= 0.3 is 0 Å². The summed E-state index contributed by atoms with van der Waals surface area (Å²) in [5, 5.41) is 4.41. The zero-order valence-electron chi connectivity index (χ0n) is 19.1. The molecule has 5 heteroatoms. The van der Waals surface area contributed by atoms with Crippen molar-refractivity contribution in [2.75, 3.05) is 6.54 Å². The SMILES string of the molecule is CCCCN1C(=S)N[C@H](c2ccccn2)[C@@H]1c1cc(C)n(-c2c(C)cccc2C)c1C. The fraction of sp³-hybridized carbons (Fsp3) is 0.385. The summed E-state index contributed by atoms with van der Waals surface area (Å²) >= 11 is 5.81. The summed E-state index contributed by atoms with van der Waals surface area (Å²) < 4.78 is 2.41. The van der Waals surface area contributed by atoms with Crippen LogP contribution in [0.3, 0.4) is 0 Å². The van der Waals surface area contributed by atoms with Gasteiger partial charge in [-0.05, 0) is 81.2 Å². The first kappa shape index (κ1) is 21.6. The number of pyridine rings is 1. The lowest BCUT2D eigenvalue weighted by atomic mass is 9.96. The molecule has 31 heavy (non-hydrogen) atoms. The van der Waals surface area contributed by atoms with Gasteiger partial charge in [0.25, 0.3) is 0 Å². The van der Waals surface area contributed by atoms with Crippen LogP contribution in [0.2, 0.25) is 0 Å². The predicted octanol–water partition coefficient (Wildman–Crippen LogP) is 5.88. The van der Waals surface area contributed by atoms with Crippen LogP contribution < -0.4 is 5.32 Å². The first-order valence-electron chi connectivity index (χ1n) is 11.2. The van der Waals surface area contributed by atoms with Crippen molar-refractivity contribution in [3.63, 3.8) is 0 Å². The van der Waals surface area contributed by atoms with Gasteiger partial charge in [0.1, 0.15) is 0 Å². The molecule has 2 atom stereocenters. The first-order chi connectivity index (χ1) is 14.9. The highest BCUT2D eigenvalue weighted by molar-refractivity contribution is 7.80. The third-order valence-electron chi connectivity index (χ3n) is 6.40. The van der Waals surface area contributed by atoms with Crippen LogP contribution in [0.1, 0.15) is 65.6 Å². The molecule has 4 nitrogen and oxygen atoms in total. The van der Waals surface area contributed by atoms with E-state index in [0.29, 0.717) is 0 Å². The zero-order chi connectivity index (χ0) is 22.1. The van der Waals surface area contributed by atoms with Crippen molar-refractivity contribution >= 4 is 17.3 Å². The van der Waals surface area contributed by atoms with Crippen LogP contribution >= 0.6 is 12.2 Å². The summed E-state index contributed by atoms with van der Waals surface area (Å²) in [5.41, 5.74) is 8.73. The maximum absolute atomic E-state index is 5.81. The Morgan fingerprint density at radius 3 is 2.42 bits per heavy atom. The molecule has 2 aromatic heterocycles. The topological polar surface area (TPSA) is 33.1 Å². The minimum absolute atomic E-state index is 0.0393. The van der Waals surface area contributed by atoms with Crippen LogP contribution in [0, 0.1) is 27.7 Å². The normalized spacial score (nSPS) is 18.5. The van der Waals surface area contributed by atoms with Crippen molar-refractivity contribution < 1.29 is 0 Å². The summed E-state index contributed by atoms with van der Waals surface area (Å²) in [7, 11) is 0. The van der Waals surface area contributed by atoms with Crippen LogP contribution in [0.25, 0.3) is 5.69 Å². The van der Waals surface area contributed by atoms with Crippen LogP contribution in [0.5, 0.6) is 0 Å². The van der Waals surface area contributed by atoms with E-state index >= 15 is 0 Å². The number of aryl methyl sites for hydroxylation is 3. The molecule has 3 heterocycles. The van der Waals surface area contributed by atoms with Gasteiger partial charge in [-0.3, -0.25) is 4.98 Å². The van der Waals surface area contributed by atoms with Crippen molar-refractivity contribution in [2.45, 2.75) is 59.5 Å². The van der Waals surface area contributed by atoms with E-state index in [0.717, 1.165) is 30.2 Å². The maximum Gasteiger partial charge on any atom is 0.170 e. The van der Waals surface area contributed by atoms with Gasteiger partial charge in [-0.15, -0.1) is 0 Å². The van der Waals surface area contributed by atoms with E-state index < -0.39 is 0 Å². The van der Waals surface area contributed by atoms with Crippen molar-refractivity contribution in [1.82, 2.24) is 19.8 Å². The number of benzene rings is 1. The Bertz CT molecular complexity index is 1070. The lowest BCUT2D eigenvalue weighted by Gasteiger charge is -2.28. The molecule has 0 amide bonds. The molecule has 0 unspecified atom stereocenters. The van der Waals surface area contributed by atoms with Gasteiger partial charge < -0.3 is 14.8 Å². The summed E-state index contributed by atoms with van der Waals surface area (Å²) in [5.74, 6) is 0. The monoisotopic (exact) mass is 432 g/mol. The van der Waals surface area contributed by atoms with E-state index in [1.54, 1.807) is 0 Å². The Hall–Kier alpha value is -2.66. The molecule has 1 aliphatic rings. The van der Waals surface area contributed by atoms with Crippen molar-refractivity contribution in [2.24, 2.45) is 0 Å². The number of hydrogen-bond donors (Lipinski definition) is 1. The van der Waals surface area contributed by atoms with Crippen LogP contribution in [-0.2, 0) is 0 Å². The fourth-order valence-corrected chi connectivity index (χ4v) is 5.23. The number of hydrogen-bond acceptors (Lipinski definition) is 2. The third kappa shape index (κ3) is 3.87. The van der Waals surface area contributed by atoms with Gasteiger partial charge in [0.05, 0.1) is 23.5 Å². The lowest BCUT2D eigenvalue weighted by Crippen LogP contribution is -2.30. The molecule has 1 N–H and O–H groups in total. The summed E-state index contributed by atoms with van der Waals surface area (Å²) in [6, 6.07) is 15.1. The smallest absolute Gasteiger partial charge is 0.170 e. The van der Waals surface area contributed by atoms with Gasteiger partial charge in [0.15, 0.2) is 5.11 Å². The highest BCUT2D eigenvalue weighted by atomic mass is 32.1. The fourth-order valence-electron chi connectivity index (χ4n) is 4.90. The molecular weight excluding hydrogens is 400 g/mol. The molecule has 1 saturated heterocycles. The number of thiocarbonyl (C=S) groups is 1. The van der Waals surface area contributed by atoms with E-state index in [1.165, 1.54) is 33.8 Å². The van der Waals surface area contributed by atoms with Gasteiger partial charge in [-0.2, -0.15) is 0 Å². The van der Waals surface area contributed by atoms with Crippen molar-refractivity contribution in [3.05, 3.63) is 82.4 Å². The Balaban J connectivity index is 1.86. The van der Waals surface area contributed by atoms with E-state index in [1.807, 2.05) is 12.3 Å². The third-order valence-corrected chi connectivity index (χ3v) is 6.75. The van der Waals surface area contributed by atoms with Gasteiger partial charge in [0.2, 0.25) is 0 Å². The largest absolute Gasteiger partial charge is 0.352 e. The summed E-state index contributed by atoms with van der Waals surface area (Å²) in [6.45, 7) is 12.0. The van der Waals surface area contributed by atoms with Crippen molar-refractivity contribution in [3.8, 4) is 5.69 Å². The molecule has 0 aliphatic carbocycles. The molecule has 1 aliphatic heterocycles. The predicted molar refractivity (Wildman–Crippen MR) is 132 cm³/mol. The number of rotatable bonds is 6. The Labute approximate surface area is 191 Å². The quantitative estimate of drug-likeness (QED) is 0.493. The highest BCUT2D eigenvalue weighted by Gasteiger charge is 2.41. The lowest BCUT2D eigenvalue weighted by molar-refractivity contribution is 0.312. The molecule has 4 rings (SSSR count). The van der Waals surface area contributed by atoms with E-state index in [2.05, 4.69) is 90.8 Å². The van der Waals surface area contributed by atoms with Gasteiger partial charge in [0, 0.05) is 24.1 Å². The molecule has 162 valence electrons. The van der Waals surface area contributed by atoms with Crippen LogP contribution in [0.4, 0.5) is 0 Å². The zero-order valence-corrected chi connectivity index (χ0v) is 20.0. The maximum atomic E-state index is 5.81. The van der Waals surface area contributed by atoms with Gasteiger partial charge in [-0.1, -0.05) is 37.6 Å². The highest BCUT2D eigenvalue weighted by Crippen LogP contribution is 2.41. The molecule has 1 fully saturated rings. The number of nitrogens with zero attached hydrogens (tertiary/aromatic N) is 3. The van der Waals surface area contributed by atoms with Gasteiger partial charge in [-0.25, -0.2) is 0 Å². The average Bonchev–Trinajstić information content (AvgIpc) is 3.23. The summed E-state index contributed by atoms with van der Waals surface area (Å²) in [4.78, 5) is 7.05. The number of aromatic nitrogens is 2. The van der Waals surface area contributed by atoms with E-state index in [-0.39, 0.29) is 12.1 Å². The Morgan fingerprint density at radius 1 is 1.03 bits per heavy atom. The second kappa shape index (κ2) is 8.83. The Morgan fingerprint density at radius 2 is 1.77 bits per heavy atom. The number of unbranched alkanes of at least 4 members (excludes halogenated alkanes) is 1. The molecule has 1 aromatic carbocycles. The van der Waals surface area contributed by atoms with Crippen LogP contribution in [0.15, 0.2) is 48.7 Å². The second-order valence-corrected chi connectivity index (χ2v) is 8.96. The van der Waals surface area contributed by atoms with E-state index in [4.69, 9.17) is 12.2 Å². The molecule has 3 aromatic rings. The average molecular weight is 433 g/mol. The molecular formula is C26H32N4S. The van der Waals surface area contributed by atoms with E-state index in [9.17, 15) is 0 Å². The minimum atomic E-state index is 0.0393. The first-order valence-corrected chi connectivity index (χ1v) is 11.6. The van der Waals surface area contributed by atoms with Crippen molar-refractivity contribution in [1.29, 1.82) is 0 Å². The van der Waals surface area contributed by atoms with Crippen LogP contribution in [-0.4, -0.2) is 26.1 Å². The number of para-hydroxylation sites is 1. The Kier molecular flexibility index (Phi) is 6.15. The minimum Gasteiger partial charge on any atom is -0.352 e. The second-order valence-electron chi connectivity index (χ2n) is 8.58. The standard InChI is InChI=1S/C26H32N4S/c1-6-7-15-29-25(23(28-26(29)31)22-13-8-9-14-27-22)21-16-19(4)30(20(21)5)24-17(2)11-10-12-18(24)3/h8-14,16,23,25H,6-7,15H2,1-5H3,(H,28,31)/t23-,25+/m1/s1.